The van der Waals surface area contributed by atoms with Crippen LogP contribution in [0.15, 0.2) is 23.4 Å². The smallest absolute Gasteiger partial charge is 0.341 e. The van der Waals surface area contributed by atoms with Gasteiger partial charge in [-0.3, -0.25) is 4.79 Å². The first-order valence-corrected chi connectivity index (χ1v) is 7.38. The second kappa shape index (κ2) is 8.04. The summed E-state index contributed by atoms with van der Waals surface area (Å²) in [5.41, 5.74) is -0.0809. The molecule has 0 aromatic carbocycles. The Morgan fingerprint density at radius 2 is 2.14 bits per heavy atom. The van der Waals surface area contributed by atoms with Gasteiger partial charge in [0, 0.05) is 19.3 Å². The molecule has 1 amide bonds. The number of rotatable bonds is 5. The van der Waals surface area contributed by atoms with Crippen LogP contribution in [-0.2, 0) is 14.3 Å². The van der Waals surface area contributed by atoms with E-state index in [2.05, 4.69) is 4.98 Å². The Morgan fingerprint density at radius 3 is 2.82 bits per heavy atom. The summed E-state index contributed by atoms with van der Waals surface area (Å²) in [7, 11) is 0. The van der Waals surface area contributed by atoms with Crippen LogP contribution in [0, 0.1) is 0 Å². The Hall–Kier alpha value is -1.74. The normalized spacial score (nSPS) is 15.0. The fraction of sp³-hybridized carbons (Fsp3) is 0.462. The van der Waals surface area contributed by atoms with Crippen LogP contribution in [0.5, 0.6) is 0 Å². The zero-order valence-corrected chi connectivity index (χ0v) is 12.4. The summed E-state index contributed by atoms with van der Waals surface area (Å²) in [6, 6.07) is 2.77. The van der Waals surface area contributed by atoms with Gasteiger partial charge in [-0.1, -0.05) is 0 Å². The molecule has 2 rings (SSSR count). The zero-order valence-electron chi connectivity index (χ0n) is 11.5. The van der Waals surface area contributed by atoms with E-state index in [-0.39, 0.29) is 28.3 Å². The van der Waals surface area contributed by atoms with Crippen LogP contribution >= 0.6 is 11.8 Å². The van der Waals surface area contributed by atoms with Gasteiger partial charge < -0.3 is 14.4 Å². The Kier molecular flexibility index (Phi) is 6.08. The number of alkyl halides is 2. The molecule has 9 heteroatoms. The van der Waals surface area contributed by atoms with Crippen molar-refractivity contribution in [2.45, 2.75) is 10.8 Å². The van der Waals surface area contributed by atoms with E-state index in [0.29, 0.717) is 26.3 Å². The Labute approximate surface area is 129 Å². The molecule has 0 unspecified atom stereocenters. The molecule has 0 atom stereocenters. The first-order valence-electron chi connectivity index (χ1n) is 6.50. The number of esters is 1. The lowest BCUT2D eigenvalue weighted by atomic mass is 10.3. The van der Waals surface area contributed by atoms with Crippen molar-refractivity contribution in [3.8, 4) is 0 Å². The number of hydrogen-bond donors (Lipinski definition) is 0. The highest BCUT2D eigenvalue weighted by Crippen LogP contribution is 2.26. The van der Waals surface area contributed by atoms with Gasteiger partial charge in [-0.15, -0.1) is 0 Å². The van der Waals surface area contributed by atoms with Crippen molar-refractivity contribution in [2.24, 2.45) is 0 Å². The van der Waals surface area contributed by atoms with Crippen molar-refractivity contribution >= 4 is 23.6 Å². The molecule has 1 aliphatic heterocycles. The molecule has 2 heterocycles. The van der Waals surface area contributed by atoms with Gasteiger partial charge in [0.1, 0.15) is 5.03 Å². The average molecular weight is 332 g/mol. The Morgan fingerprint density at radius 1 is 1.41 bits per heavy atom. The van der Waals surface area contributed by atoms with E-state index in [1.807, 2.05) is 0 Å². The topological polar surface area (TPSA) is 68.7 Å². The maximum Gasteiger partial charge on any atom is 0.341 e. The van der Waals surface area contributed by atoms with E-state index in [9.17, 15) is 18.4 Å². The standard InChI is InChI=1S/C13H14F2N2O4S/c14-13(15)22-11-9(2-1-3-16-11)12(19)21-8-10(18)17-4-6-20-7-5-17/h1-3,13H,4-8H2. The van der Waals surface area contributed by atoms with Gasteiger partial charge in [0.25, 0.3) is 11.7 Å². The fourth-order valence-electron chi connectivity index (χ4n) is 1.83. The lowest BCUT2D eigenvalue weighted by Crippen LogP contribution is -2.42. The maximum absolute atomic E-state index is 12.4. The quantitative estimate of drug-likeness (QED) is 0.600. The summed E-state index contributed by atoms with van der Waals surface area (Å²) in [4.78, 5) is 29.0. The molecule has 1 aromatic heterocycles. The van der Waals surface area contributed by atoms with E-state index in [0.717, 1.165) is 0 Å². The van der Waals surface area contributed by atoms with Gasteiger partial charge in [0.2, 0.25) is 0 Å². The van der Waals surface area contributed by atoms with Gasteiger partial charge in [0.05, 0.1) is 18.8 Å². The number of pyridine rings is 1. The van der Waals surface area contributed by atoms with E-state index >= 15 is 0 Å². The predicted molar refractivity (Wildman–Crippen MR) is 73.8 cm³/mol. The number of carbonyl (C=O) groups excluding carboxylic acids is 2. The zero-order chi connectivity index (χ0) is 15.9. The molecular formula is C13H14F2N2O4S. The molecule has 1 aromatic rings. The summed E-state index contributed by atoms with van der Waals surface area (Å²) in [5.74, 6) is -3.89. The minimum absolute atomic E-state index is 0.0809. The number of hydrogen-bond acceptors (Lipinski definition) is 6. The lowest BCUT2D eigenvalue weighted by Gasteiger charge is -2.26. The van der Waals surface area contributed by atoms with Crippen molar-refractivity contribution in [3.05, 3.63) is 23.9 Å². The summed E-state index contributed by atoms with van der Waals surface area (Å²) in [5, 5.41) is -0.124. The average Bonchev–Trinajstić information content (AvgIpc) is 2.53. The fourth-order valence-corrected chi connectivity index (χ4v) is 2.40. The summed E-state index contributed by atoms with van der Waals surface area (Å²) in [6.45, 7) is 1.33. The number of thioether (sulfide) groups is 1. The van der Waals surface area contributed by atoms with Crippen LogP contribution in [0.3, 0.4) is 0 Å². The molecule has 1 fully saturated rings. The first kappa shape index (κ1) is 16.6. The van der Waals surface area contributed by atoms with E-state index in [4.69, 9.17) is 9.47 Å². The molecule has 1 saturated heterocycles. The molecule has 120 valence electrons. The van der Waals surface area contributed by atoms with Gasteiger partial charge in [-0.05, 0) is 23.9 Å². The molecule has 22 heavy (non-hydrogen) atoms. The third-order valence-corrected chi connectivity index (χ3v) is 3.61. The van der Waals surface area contributed by atoms with Gasteiger partial charge in [-0.2, -0.15) is 8.78 Å². The van der Waals surface area contributed by atoms with Crippen LogP contribution < -0.4 is 0 Å². The van der Waals surface area contributed by atoms with Crippen molar-refractivity contribution in [2.75, 3.05) is 32.9 Å². The van der Waals surface area contributed by atoms with Crippen LogP contribution in [0.1, 0.15) is 10.4 Å². The largest absolute Gasteiger partial charge is 0.452 e. The highest BCUT2D eigenvalue weighted by molar-refractivity contribution is 7.99. The molecule has 6 nitrogen and oxygen atoms in total. The molecule has 0 saturated carbocycles. The molecule has 0 N–H and O–H groups in total. The van der Waals surface area contributed by atoms with E-state index < -0.39 is 18.3 Å². The second-order valence-electron chi connectivity index (χ2n) is 4.30. The van der Waals surface area contributed by atoms with Gasteiger partial charge in [-0.25, -0.2) is 9.78 Å². The predicted octanol–water partition coefficient (Wildman–Crippen LogP) is 1.41. The second-order valence-corrected chi connectivity index (χ2v) is 5.28. The highest BCUT2D eigenvalue weighted by atomic mass is 32.2. The molecule has 0 aliphatic carbocycles. The third kappa shape index (κ3) is 4.63. The molecule has 0 bridgehead atoms. The monoisotopic (exact) mass is 332 g/mol. The highest BCUT2D eigenvalue weighted by Gasteiger charge is 2.21. The SMILES string of the molecule is O=C(OCC(=O)N1CCOCC1)c1cccnc1SC(F)F. The summed E-state index contributed by atoms with van der Waals surface area (Å²) in [6.07, 6.45) is 1.31. The summed E-state index contributed by atoms with van der Waals surface area (Å²) >= 11 is 0.159. The minimum Gasteiger partial charge on any atom is -0.452 e. The Balaban J connectivity index is 1.93. The van der Waals surface area contributed by atoms with Gasteiger partial charge in [0.15, 0.2) is 6.61 Å². The van der Waals surface area contributed by atoms with Crippen molar-refractivity contribution in [1.82, 2.24) is 9.88 Å². The maximum atomic E-state index is 12.4. The van der Waals surface area contributed by atoms with Crippen LogP contribution in [0.4, 0.5) is 8.78 Å². The number of halogens is 2. The van der Waals surface area contributed by atoms with Crippen LogP contribution in [0.25, 0.3) is 0 Å². The Bertz CT molecular complexity index is 539. The first-order chi connectivity index (χ1) is 10.6. The number of aromatic nitrogens is 1. The number of morpholine rings is 1. The van der Waals surface area contributed by atoms with Crippen LogP contribution in [-0.4, -0.2) is 60.4 Å². The molecular weight excluding hydrogens is 318 g/mol. The lowest BCUT2D eigenvalue weighted by molar-refractivity contribution is -0.138. The molecule has 0 radical (unpaired) electrons. The van der Waals surface area contributed by atoms with E-state index in [1.165, 1.54) is 23.2 Å². The number of amides is 1. The minimum atomic E-state index is -2.70. The van der Waals surface area contributed by atoms with E-state index in [1.54, 1.807) is 0 Å². The number of ether oxygens (including phenoxy) is 2. The van der Waals surface area contributed by atoms with Crippen molar-refractivity contribution < 1.29 is 27.8 Å². The molecule has 1 aliphatic rings. The van der Waals surface area contributed by atoms with Crippen LogP contribution in [0.2, 0.25) is 0 Å². The van der Waals surface area contributed by atoms with Crippen molar-refractivity contribution in [1.29, 1.82) is 0 Å². The summed E-state index contributed by atoms with van der Waals surface area (Å²) < 4.78 is 34.8. The van der Waals surface area contributed by atoms with Gasteiger partial charge >= 0.3 is 5.97 Å². The molecule has 0 spiro atoms. The number of nitrogens with zero attached hydrogens (tertiary/aromatic N) is 2. The van der Waals surface area contributed by atoms with Crippen molar-refractivity contribution in [3.63, 3.8) is 0 Å². The number of carbonyl (C=O) groups is 2. The third-order valence-electron chi connectivity index (χ3n) is 2.88.